The van der Waals surface area contributed by atoms with Gasteiger partial charge in [-0.15, -0.1) is 0 Å². The Morgan fingerprint density at radius 1 is 1.23 bits per heavy atom. The number of rotatable bonds is 3. The van der Waals surface area contributed by atoms with Gasteiger partial charge in [0.05, 0.1) is 18.8 Å². The van der Waals surface area contributed by atoms with Gasteiger partial charge in [-0.2, -0.15) is 0 Å². The lowest BCUT2D eigenvalue weighted by molar-refractivity contribution is 0.0830. The molecule has 9 nitrogen and oxygen atoms in total. The molecule has 31 heavy (non-hydrogen) atoms. The Morgan fingerprint density at radius 2 is 2.03 bits per heavy atom. The second-order valence-corrected chi connectivity index (χ2v) is 8.64. The van der Waals surface area contributed by atoms with Crippen LogP contribution in [0.1, 0.15) is 38.4 Å². The summed E-state index contributed by atoms with van der Waals surface area (Å²) < 4.78 is 10.7. The zero-order valence-electron chi connectivity index (χ0n) is 18.0. The number of nitrogens with zero attached hydrogens (tertiary/aromatic N) is 3. The normalized spacial score (nSPS) is 15.9. The number of amides is 1. The number of alkyl carbamates (subject to hydrolysis) is 1. The number of aromatic nitrogens is 4. The fourth-order valence-electron chi connectivity index (χ4n) is 3.56. The quantitative estimate of drug-likeness (QED) is 0.665. The van der Waals surface area contributed by atoms with E-state index in [1.165, 1.54) is 7.11 Å². The minimum absolute atomic E-state index is 0.227. The van der Waals surface area contributed by atoms with Crippen molar-refractivity contribution >= 4 is 17.3 Å². The third kappa shape index (κ3) is 4.65. The number of fused-ring (bicyclic) bond motifs is 2. The molecular formula is C22H25N5O4. The summed E-state index contributed by atoms with van der Waals surface area (Å²) in [6.45, 7) is 5.71. The third-order valence-corrected chi connectivity index (χ3v) is 5.00. The number of ether oxygens (including phenoxy) is 2. The molecule has 9 heteroatoms. The van der Waals surface area contributed by atoms with Crippen LogP contribution in [0.25, 0.3) is 22.4 Å². The van der Waals surface area contributed by atoms with Crippen LogP contribution in [0.3, 0.4) is 0 Å². The number of aryl methyl sites for hydroxylation is 1. The first-order valence-corrected chi connectivity index (χ1v) is 10.1. The Labute approximate surface area is 179 Å². The standard InChI is InChI=1S/C22H25N5O4/c1-22(2,3)27-21(29)31-14-6-5-12-7-13(10-23-16(12)8-14)18-20(28)25-17-9-15(30-4)11-24-19(17)26-18/h7,9-11,14H,5-6,8H2,1-4H3,(H,25,28)(H,27,29). The van der Waals surface area contributed by atoms with Crippen molar-refractivity contribution in [2.24, 2.45) is 0 Å². The molecule has 3 aromatic heterocycles. The summed E-state index contributed by atoms with van der Waals surface area (Å²) in [5, 5.41) is 2.81. The monoisotopic (exact) mass is 423 g/mol. The Bertz CT molecular complexity index is 1200. The van der Waals surface area contributed by atoms with E-state index in [2.05, 4.69) is 25.3 Å². The first-order valence-electron chi connectivity index (χ1n) is 10.1. The van der Waals surface area contributed by atoms with Crippen LogP contribution in [0, 0.1) is 0 Å². The van der Waals surface area contributed by atoms with Crippen LogP contribution < -0.4 is 15.6 Å². The van der Waals surface area contributed by atoms with Crippen molar-refractivity contribution in [2.75, 3.05) is 7.11 Å². The highest BCUT2D eigenvalue weighted by atomic mass is 16.6. The highest BCUT2D eigenvalue weighted by Gasteiger charge is 2.25. The molecule has 162 valence electrons. The van der Waals surface area contributed by atoms with E-state index in [9.17, 15) is 9.59 Å². The molecule has 1 amide bonds. The van der Waals surface area contributed by atoms with Crippen molar-refractivity contribution < 1.29 is 14.3 Å². The molecule has 3 aromatic rings. The van der Waals surface area contributed by atoms with Crippen LogP contribution in [0.4, 0.5) is 4.79 Å². The second kappa shape index (κ2) is 7.98. The maximum Gasteiger partial charge on any atom is 0.407 e. The minimum atomic E-state index is -0.423. The van der Waals surface area contributed by atoms with Crippen molar-refractivity contribution in [3.05, 3.63) is 46.1 Å². The molecule has 0 saturated carbocycles. The molecule has 1 aliphatic carbocycles. The highest BCUT2D eigenvalue weighted by molar-refractivity contribution is 5.74. The fraction of sp³-hybridized carbons (Fsp3) is 0.409. The summed E-state index contributed by atoms with van der Waals surface area (Å²) in [4.78, 5) is 40.7. The van der Waals surface area contributed by atoms with Crippen LogP contribution in [-0.2, 0) is 17.6 Å². The minimum Gasteiger partial charge on any atom is -0.495 e. The lowest BCUT2D eigenvalue weighted by Gasteiger charge is -2.26. The SMILES string of the molecule is COc1cnc2nc(-c3cnc4c(c3)CCC(OC(=O)NC(C)(C)C)C4)c(=O)[nH]c2c1. The van der Waals surface area contributed by atoms with Crippen LogP contribution in [0.5, 0.6) is 5.75 Å². The summed E-state index contributed by atoms with van der Waals surface area (Å²) in [6, 6.07) is 3.61. The Kier molecular flexibility index (Phi) is 5.34. The molecule has 0 spiro atoms. The number of hydrogen-bond acceptors (Lipinski definition) is 7. The van der Waals surface area contributed by atoms with E-state index in [0.29, 0.717) is 41.7 Å². The van der Waals surface area contributed by atoms with Gasteiger partial charge in [0.2, 0.25) is 0 Å². The lowest BCUT2D eigenvalue weighted by Crippen LogP contribution is -2.43. The molecule has 4 rings (SSSR count). The van der Waals surface area contributed by atoms with Crippen LogP contribution in [0.15, 0.2) is 29.3 Å². The lowest BCUT2D eigenvalue weighted by atomic mass is 9.92. The predicted molar refractivity (Wildman–Crippen MR) is 115 cm³/mol. The van der Waals surface area contributed by atoms with E-state index in [1.807, 2.05) is 26.8 Å². The zero-order chi connectivity index (χ0) is 22.2. The van der Waals surface area contributed by atoms with Crippen LogP contribution in [-0.4, -0.2) is 44.8 Å². The molecule has 1 aliphatic rings. The molecule has 2 N–H and O–H groups in total. The van der Waals surface area contributed by atoms with Gasteiger partial charge in [-0.1, -0.05) is 0 Å². The number of carbonyl (C=O) groups excluding carboxylic acids is 1. The van der Waals surface area contributed by atoms with Crippen molar-refractivity contribution in [1.82, 2.24) is 25.3 Å². The van der Waals surface area contributed by atoms with Gasteiger partial charge in [0.15, 0.2) is 5.65 Å². The third-order valence-electron chi connectivity index (χ3n) is 5.00. The zero-order valence-corrected chi connectivity index (χ0v) is 18.0. The van der Waals surface area contributed by atoms with E-state index in [-0.39, 0.29) is 22.9 Å². The predicted octanol–water partition coefficient (Wildman–Crippen LogP) is 2.77. The molecule has 0 fully saturated rings. The van der Waals surface area contributed by atoms with Crippen LogP contribution >= 0.6 is 0 Å². The summed E-state index contributed by atoms with van der Waals surface area (Å²) in [5.74, 6) is 0.543. The average molecular weight is 423 g/mol. The summed E-state index contributed by atoms with van der Waals surface area (Å²) >= 11 is 0. The largest absolute Gasteiger partial charge is 0.495 e. The Hall–Kier alpha value is -3.49. The number of aromatic amines is 1. The van der Waals surface area contributed by atoms with E-state index in [1.54, 1.807) is 18.5 Å². The van der Waals surface area contributed by atoms with Crippen LogP contribution in [0.2, 0.25) is 0 Å². The first kappa shape index (κ1) is 20.8. The molecule has 1 unspecified atom stereocenters. The topological polar surface area (TPSA) is 119 Å². The molecule has 1 atom stereocenters. The van der Waals surface area contributed by atoms with Gasteiger partial charge in [-0.25, -0.2) is 14.8 Å². The second-order valence-electron chi connectivity index (χ2n) is 8.64. The number of pyridine rings is 2. The molecule has 0 bridgehead atoms. The average Bonchev–Trinajstić information content (AvgIpc) is 2.71. The van der Waals surface area contributed by atoms with Gasteiger partial charge in [-0.3, -0.25) is 9.78 Å². The molecule has 0 radical (unpaired) electrons. The highest BCUT2D eigenvalue weighted by Crippen LogP contribution is 2.26. The number of carbonyl (C=O) groups is 1. The van der Waals surface area contributed by atoms with Gasteiger partial charge in [0.1, 0.15) is 17.5 Å². The summed E-state index contributed by atoms with van der Waals surface area (Å²) in [5.41, 5.74) is 3.05. The van der Waals surface area contributed by atoms with Gasteiger partial charge >= 0.3 is 6.09 Å². The van der Waals surface area contributed by atoms with Crippen molar-refractivity contribution in [2.45, 2.75) is 51.7 Å². The van der Waals surface area contributed by atoms with E-state index >= 15 is 0 Å². The van der Waals surface area contributed by atoms with Crippen molar-refractivity contribution in [3.63, 3.8) is 0 Å². The van der Waals surface area contributed by atoms with E-state index < -0.39 is 6.09 Å². The number of nitrogens with one attached hydrogen (secondary N) is 2. The fourth-order valence-corrected chi connectivity index (χ4v) is 3.56. The van der Waals surface area contributed by atoms with Crippen molar-refractivity contribution in [3.8, 4) is 17.0 Å². The maximum atomic E-state index is 12.6. The molecule has 0 saturated heterocycles. The Balaban J connectivity index is 1.55. The summed E-state index contributed by atoms with van der Waals surface area (Å²) in [6.07, 6.45) is 4.46. The van der Waals surface area contributed by atoms with Gasteiger partial charge < -0.3 is 19.8 Å². The Morgan fingerprint density at radius 3 is 2.77 bits per heavy atom. The smallest absolute Gasteiger partial charge is 0.407 e. The molecule has 0 aromatic carbocycles. The number of hydrogen-bond donors (Lipinski definition) is 2. The number of H-pyrrole nitrogens is 1. The van der Waals surface area contributed by atoms with E-state index in [0.717, 1.165) is 11.3 Å². The van der Waals surface area contributed by atoms with E-state index in [4.69, 9.17) is 9.47 Å². The van der Waals surface area contributed by atoms with Crippen molar-refractivity contribution in [1.29, 1.82) is 0 Å². The van der Waals surface area contributed by atoms with Gasteiger partial charge in [0.25, 0.3) is 5.56 Å². The van der Waals surface area contributed by atoms with Gasteiger partial charge in [0, 0.05) is 35.5 Å². The summed E-state index contributed by atoms with van der Waals surface area (Å²) in [7, 11) is 1.54. The molecule has 3 heterocycles. The number of methoxy groups -OCH3 is 1. The first-order chi connectivity index (χ1) is 14.7. The van der Waals surface area contributed by atoms with Gasteiger partial charge in [-0.05, 0) is 45.2 Å². The molecular weight excluding hydrogens is 398 g/mol. The molecule has 0 aliphatic heterocycles. The maximum absolute atomic E-state index is 12.6.